The van der Waals surface area contributed by atoms with Crippen molar-refractivity contribution in [3.63, 3.8) is 0 Å². The number of nitrogens with one attached hydrogen (secondary N) is 1. The summed E-state index contributed by atoms with van der Waals surface area (Å²) in [6.45, 7) is 6.96. The SMILES string of the molecule is C=CC[C@H](c1ccccc1OC(F)(F)F)N1CCNCC1.Cl.Cl. The van der Waals surface area contributed by atoms with Gasteiger partial charge in [0.25, 0.3) is 0 Å². The van der Waals surface area contributed by atoms with Crippen LogP contribution in [0, 0.1) is 0 Å². The van der Waals surface area contributed by atoms with E-state index in [-0.39, 0.29) is 36.6 Å². The molecule has 1 aromatic rings. The molecule has 23 heavy (non-hydrogen) atoms. The van der Waals surface area contributed by atoms with Crippen molar-refractivity contribution >= 4 is 24.8 Å². The van der Waals surface area contributed by atoms with E-state index in [1.165, 1.54) is 6.07 Å². The molecule has 8 heteroatoms. The van der Waals surface area contributed by atoms with Crippen molar-refractivity contribution in [2.24, 2.45) is 0 Å². The Balaban J connectivity index is 0.00000242. The molecule has 132 valence electrons. The molecular weight excluding hydrogens is 352 g/mol. The third-order valence-corrected chi connectivity index (χ3v) is 3.49. The number of hydrogen-bond acceptors (Lipinski definition) is 3. The largest absolute Gasteiger partial charge is 0.573 e. The molecule has 0 aromatic heterocycles. The lowest BCUT2D eigenvalue weighted by molar-refractivity contribution is -0.275. The minimum absolute atomic E-state index is 0. The highest BCUT2D eigenvalue weighted by molar-refractivity contribution is 5.85. The van der Waals surface area contributed by atoms with Crippen molar-refractivity contribution in [2.75, 3.05) is 26.2 Å². The van der Waals surface area contributed by atoms with Crippen LogP contribution in [-0.4, -0.2) is 37.4 Å². The van der Waals surface area contributed by atoms with Crippen LogP contribution in [0.5, 0.6) is 5.75 Å². The quantitative estimate of drug-likeness (QED) is 0.791. The fraction of sp³-hybridized carbons (Fsp3) is 0.467. The summed E-state index contributed by atoms with van der Waals surface area (Å²) in [6, 6.07) is 6.19. The maximum atomic E-state index is 12.5. The van der Waals surface area contributed by atoms with Crippen LogP contribution in [-0.2, 0) is 0 Å². The van der Waals surface area contributed by atoms with Gasteiger partial charge in [-0.3, -0.25) is 4.90 Å². The van der Waals surface area contributed by atoms with Gasteiger partial charge in [-0.25, -0.2) is 0 Å². The van der Waals surface area contributed by atoms with Gasteiger partial charge in [0.15, 0.2) is 0 Å². The van der Waals surface area contributed by atoms with Gasteiger partial charge in [-0.2, -0.15) is 0 Å². The first-order valence-corrected chi connectivity index (χ1v) is 6.91. The number of nitrogens with zero attached hydrogens (tertiary/aromatic N) is 1. The minimum Gasteiger partial charge on any atom is -0.405 e. The molecular formula is C15H21Cl2F3N2O. The molecule has 1 aliphatic rings. The number of hydrogen-bond donors (Lipinski definition) is 1. The number of piperazine rings is 1. The number of para-hydroxylation sites is 1. The molecule has 1 aliphatic heterocycles. The summed E-state index contributed by atoms with van der Waals surface area (Å²) in [5, 5.41) is 3.24. The van der Waals surface area contributed by atoms with Crippen molar-refractivity contribution in [1.29, 1.82) is 0 Å². The summed E-state index contributed by atoms with van der Waals surface area (Å²) in [5.41, 5.74) is 0.552. The van der Waals surface area contributed by atoms with E-state index in [0.29, 0.717) is 12.0 Å². The third-order valence-electron chi connectivity index (χ3n) is 3.49. The summed E-state index contributed by atoms with van der Waals surface area (Å²) in [5.74, 6) is -0.129. The van der Waals surface area contributed by atoms with E-state index in [1.54, 1.807) is 24.3 Å². The molecule has 1 atom stereocenters. The Morgan fingerprint density at radius 2 is 1.83 bits per heavy atom. The molecule has 0 amide bonds. The standard InChI is InChI=1S/C15H19F3N2O.2ClH/c1-2-5-13(20-10-8-19-9-11-20)12-6-3-4-7-14(12)21-15(16,17)18;;/h2-4,6-7,13,19H,1,5,8-11H2;2*1H/t13-;;/m1../s1. The minimum atomic E-state index is -4.68. The summed E-state index contributed by atoms with van der Waals surface area (Å²) in [7, 11) is 0. The van der Waals surface area contributed by atoms with Crippen molar-refractivity contribution in [3.8, 4) is 5.75 Å². The molecule has 1 aromatic carbocycles. The second-order valence-corrected chi connectivity index (χ2v) is 4.91. The molecule has 3 nitrogen and oxygen atoms in total. The van der Waals surface area contributed by atoms with Gasteiger partial charge in [0.05, 0.1) is 0 Å². The van der Waals surface area contributed by atoms with Crippen LogP contribution in [0.15, 0.2) is 36.9 Å². The van der Waals surface area contributed by atoms with Crippen LogP contribution in [0.2, 0.25) is 0 Å². The Kier molecular flexibility index (Phi) is 9.61. The molecule has 0 saturated carbocycles. The van der Waals surface area contributed by atoms with Gasteiger partial charge < -0.3 is 10.1 Å². The molecule has 1 heterocycles. The average molecular weight is 373 g/mol. The van der Waals surface area contributed by atoms with Crippen LogP contribution in [0.4, 0.5) is 13.2 Å². The van der Waals surface area contributed by atoms with E-state index in [9.17, 15) is 13.2 Å². The van der Waals surface area contributed by atoms with Gasteiger partial charge in [-0.05, 0) is 12.5 Å². The molecule has 0 spiro atoms. The normalized spacial score (nSPS) is 16.7. The highest BCUT2D eigenvalue weighted by Crippen LogP contribution is 2.35. The van der Waals surface area contributed by atoms with Crippen LogP contribution >= 0.6 is 24.8 Å². The molecule has 0 bridgehead atoms. The molecule has 1 fully saturated rings. The summed E-state index contributed by atoms with van der Waals surface area (Å²) < 4.78 is 41.8. The van der Waals surface area contributed by atoms with Crippen LogP contribution in [0.1, 0.15) is 18.0 Å². The predicted octanol–water partition coefficient (Wildman–Crippen LogP) is 3.95. The maximum absolute atomic E-state index is 12.5. The van der Waals surface area contributed by atoms with E-state index < -0.39 is 6.36 Å². The molecule has 2 rings (SSSR count). The molecule has 0 radical (unpaired) electrons. The number of benzene rings is 1. The van der Waals surface area contributed by atoms with Gasteiger partial charge >= 0.3 is 6.36 Å². The zero-order valence-electron chi connectivity index (χ0n) is 12.5. The second-order valence-electron chi connectivity index (χ2n) is 4.91. The van der Waals surface area contributed by atoms with Crippen molar-refractivity contribution < 1.29 is 17.9 Å². The zero-order valence-corrected chi connectivity index (χ0v) is 14.1. The van der Waals surface area contributed by atoms with Crippen LogP contribution in [0.25, 0.3) is 0 Å². The summed E-state index contributed by atoms with van der Waals surface area (Å²) in [4.78, 5) is 2.16. The first-order chi connectivity index (χ1) is 10.0. The number of rotatable bonds is 5. The zero-order chi connectivity index (χ0) is 15.3. The van der Waals surface area contributed by atoms with Crippen LogP contribution in [0.3, 0.4) is 0 Å². The lowest BCUT2D eigenvalue weighted by Gasteiger charge is -2.35. The molecule has 0 aliphatic carbocycles. The van der Waals surface area contributed by atoms with Gasteiger partial charge in [0, 0.05) is 37.8 Å². The van der Waals surface area contributed by atoms with E-state index in [0.717, 1.165) is 26.2 Å². The number of halogens is 5. The lowest BCUT2D eigenvalue weighted by atomic mass is 10.00. The van der Waals surface area contributed by atoms with E-state index in [1.807, 2.05) is 0 Å². The Morgan fingerprint density at radius 1 is 1.22 bits per heavy atom. The Labute approximate surface area is 146 Å². The highest BCUT2D eigenvalue weighted by Gasteiger charge is 2.33. The van der Waals surface area contributed by atoms with Gasteiger partial charge in [-0.1, -0.05) is 24.3 Å². The second kappa shape index (κ2) is 10.0. The summed E-state index contributed by atoms with van der Waals surface area (Å²) in [6.07, 6.45) is -2.37. The van der Waals surface area contributed by atoms with Gasteiger partial charge in [0.2, 0.25) is 0 Å². The predicted molar refractivity (Wildman–Crippen MR) is 89.6 cm³/mol. The van der Waals surface area contributed by atoms with Crippen molar-refractivity contribution in [3.05, 3.63) is 42.5 Å². The Hall–Kier alpha value is -0.950. The Bertz CT molecular complexity index is 480. The molecule has 1 saturated heterocycles. The number of alkyl halides is 3. The highest BCUT2D eigenvalue weighted by atomic mass is 35.5. The van der Waals surface area contributed by atoms with Crippen molar-refractivity contribution in [2.45, 2.75) is 18.8 Å². The number of ether oxygens (including phenoxy) is 1. The van der Waals surface area contributed by atoms with Gasteiger partial charge in [0.1, 0.15) is 5.75 Å². The van der Waals surface area contributed by atoms with Gasteiger partial charge in [-0.15, -0.1) is 44.6 Å². The monoisotopic (exact) mass is 372 g/mol. The molecule has 0 unspecified atom stereocenters. The Morgan fingerprint density at radius 3 is 2.39 bits per heavy atom. The fourth-order valence-electron chi connectivity index (χ4n) is 2.60. The lowest BCUT2D eigenvalue weighted by Crippen LogP contribution is -2.45. The maximum Gasteiger partial charge on any atom is 0.573 e. The smallest absolute Gasteiger partial charge is 0.405 e. The summed E-state index contributed by atoms with van der Waals surface area (Å²) >= 11 is 0. The van der Waals surface area contributed by atoms with E-state index >= 15 is 0 Å². The topological polar surface area (TPSA) is 24.5 Å². The fourth-order valence-corrected chi connectivity index (χ4v) is 2.60. The van der Waals surface area contributed by atoms with E-state index in [4.69, 9.17) is 0 Å². The molecule has 1 N–H and O–H groups in total. The van der Waals surface area contributed by atoms with E-state index in [2.05, 4.69) is 21.5 Å². The average Bonchev–Trinajstić information content (AvgIpc) is 2.45. The first kappa shape index (κ1) is 22.1. The third kappa shape index (κ3) is 6.59. The van der Waals surface area contributed by atoms with Crippen molar-refractivity contribution in [1.82, 2.24) is 10.2 Å². The first-order valence-electron chi connectivity index (χ1n) is 6.91. The van der Waals surface area contributed by atoms with Crippen LogP contribution < -0.4 is 10.1 Å².